The minimum absolute atomic E-state index is 0.141. The van der Waals surface area contributed by atoms with Crippen LogP contribution in [0.5, 0.6) is 0 Å². The van der Waals surface area contributed by atoms with E-state index in [4.69, 9.17) is 0 Å². The Bertz CT molecular complexity index is 966. The highest BCUT2D eigenvalue weighted by atomic mass is 16.2. The van der Waals surface area contributed by atoms with Crippen LogP contribution >= 0.6 is 0 Å². The zero-order valence-electron chi connectivity index (χ0n) is 16.5. The summed E-state index contributed by atoms with van der Waals surface area (Å²) >= 11 is 0. The van der Waals surface area contributed by atoms with E-state index >= 15 is 0 Å². The molecule has 1 aliphatic heterocycles. The van der Waals surface area contributed by atoms with Crippen molar-refractivity contribution in [3.8, 4) is 0 Å². The van der Waals surface area contributed by atoms with Gasteiger partial charge in [-0.2, -0.15) is 4.90 Å². The van der Waals surface area contributed by atoms with E-state index in [0.29, 0.717) is 16.2 Å². The molecule has 4 rings (SSSR count). The maximum absolute atomic E-state index is 12.7. The number of hydrogen-bond acceptors (Lipinski definition) is 4. The van der Waals surface area contributed by atoms with Crippen LogP contribution in [0.3, 0.4) is 0 Å². The molecule has 0 bridgehead atoms. The second kappa shape index (κ2) is 8.49. The van der Waals surface area contributed by atoms with Crippen LogP contribution in [-0.4, -0.2) is 41.2 Å². The maximum atomic E-state index is 12.7. The van der Waals surface area contributed by atoms with E-state index in [1.54, 1.807) is 54.6 Å². The van der Waals surface area contributed by atoms with Crippen LogP contribution < -0.4 is 10.2 Å². The second-order valence-corrected chi connectivity index (χ2v) is 7.62. The molecule has 2 fully saturated rings. The predicted molar refractivity (Wildman–Crippen MR) is 111 cm³/mol. The zero-order valence-corrected chi connectivity index (χ0v) is 16.5. The Kier molecular flexibility index (Phi) is 5.61. The van der Waals surface area contributed by atoms with Gasteiger partial charge in [-0.3, -0.25) is 19.3 Å². The van der Waals surface area contributed by atoms with Crippen LogP contribution in [0.2, 0.25) is 0 Å². The SMILES string of the molecule is O=C(NC1CCCCC1)c1ccc(N2CC(=O)N(C(=O)c3ccccc3)C2=O)cc1. The largest absolute Gasteiger partial charge is 0.349 e. The van der Waals surface area contributed by atoms with E-state index in [1.807, 2.05) is 0 Å². The molecule has 2 aliphatic rings. The van der Waals surface area contributed by atoms with Gasteiger partial charge in [0.2, 0.25) is 0 Å². The van der Waals surface area contributed by atoms with Gasteiger partial charge in [0.15, 0.2) is 0 Å². The standard InChI is InChI=1S/C23H23N3O4/c27-20-15-25(23(30)26(20)22(29)17-7-3-1-4-8-17)19-13-11-16(12-14-19)21(28)24-18-9-5-2-6-10-18/h1,3-4,7-8,11-14,18H,2,5-6,9-10,15H2,(H,24,28). The molecule has 1 aliphatic carbocycles. The van der Waals surface area contributed by atoms with Crippen molar-refractivity contribution in [3.05, 3.63) is 65.7 Å². The van der Waals surface area contributed by atoms with Crippen molar-refractivity contribution >= 4 is 29.4 Å². The van der Waals surface area contributed by atoms with E-state index in [1.165, 1.54) is 11.3 Å². The van der Waals surface area contributed by atoms with Crippen LogP contribution in [0.4, 0.5) is 10.5 Å². The summed E-state index contributed by atoms with van der Waals surface area (Å²) in [4.78, 5) is 52.1. The summed E-state index contributed by atoms with van der Waals surface area (Å²) in [5.74, 6) is -1.36. The summed E-state index contributed by atoms with van der Waals surface area (Å²) in [6.07, 6.45) is 5.48. The van der Waals surface area contributed by atoms with Crippen LogP contribution in [0, 0.1) is 0 Å². The number of nitrogens with zero attached hydrogens (tertiary/aromatic N) is 2. The third-order valence-corrected chi connectivity index (χ3v) is 5.57. The topological polar surface area (TPSA) is 86.8 Å². The fourth-order valence-electron chi connectivity index (χ4n) is 3.92. The smallest absolute Gasteiger partial charge is 0.338 e. The first-order chi connectivity index (χ1) is 14.5. The Balaban J connectivity index is 1.45. The van der Waals surface area contributed by atoms with Crippen molar-refractivity contribution in [2.75, 3.05) is 11.4 Å². The fraction of sp³-hybridized carbons (Fsp3) is 0.304. The molecule has 2 aromatic rings. The molecule has 1 saturated carbocycles. The number of benzene rings is 2. The Morgan fingerprint density at radius 3 is 2.17 bits per heavy atom. The summed E-state index contributed by atoms with van der Waals surface area (Å²) in [5, 5.41) is 3.05. The predicted octanol–water partition coefficient (Wildman–Crippen LogP) is 3.36. The molecule has 0 spiro atoms. The Morgan fingerprint density at radius 1 is 0.833 bits per heavy atom. The Hall–Kier alpha value is -3.48. The first-order valence-corrected chi connectivity index (χ1v) is 10.2. The average Bonchev–Trinajstić information content (AvgIpc) is 3.08. The van der Waals surface area contributed by atoms with E-state index in [0.717, 1.165) is 25.7 Å². The van der Waals surface area contributed by atoms with E-state index in [9.17, 15) is 19.2 Å². The minimum Gasteiger partial charge on any atom is -0.349 e. The van der Waals surface area contributed by atoms with Gasteiger partial charge in [0.1, 0.15) is 6.54 Å². The van der Waals surface area contributed by atoms with Gasteiger partial charge in [0.05, 0.1) is 0 Å². The molecule has 7 nitrogen and oxygen atoms in total. The molecule has 2 aromatic carbocycles. The molecule has 0 unspecified atom stereocenters. The van der Waals surface area contributed by atoms with Gasteiger partial charge in [0, 0.05) is 22.9 Å². The molecule has 0 aromatic heterocycles. The van der Waals surface area contributed by atoms with Gasteiger partial charge in [-0.1, -0.05) is 37.5 Å². The molecule has 30 heavy (non-hydrogen) atoms. The van der Waals surface area contributed by atoms with Crippen molar-refractivity contribution in [3.63, 3.8) is 0 Å². The van der Waals surface area contributed by atoms with Crippen molar-refractivity contribution < 1.29 is 19.2 Å². The Morgan fingerprint density at radius 2 is 1.50 bits per heavy atom. The number of anilines is 1. The number of imide groups is 3. The van der Waals surface area contributed by atoms with Crippen molar-refractivity contribution in [1.29, 1.82) is 0 Å². The lowest BCUT2D eigenvalue weighted by Gasteiger charge is -2.23. The highest BCUT2D eigenvalue weighted by Gasteiger charge is 2.41. The monoisotopic (exact) mass is 405 g/mol. The molecule has 154 valence electrons. The normalized spacial score (nSPS) is 17.3. The van der Waals surface area contributed by atoms with Gasteiger partial charge >= 0.3 is 6.03 Å². The maximum Gasteiger partial charge on any atom is 0.338 e. The first kappa shape index (κ1) is 19.8. The summed E-state index contributed by atoms with van der Waals surface area (Å²) < 4.78 is 0. The van der Waals surface area contributed by atoms with Crippen molar-refractivity contribution in [1.82, 2.24) is 10.2 Å². The highest BCUT2D eigenvalue weighted by molar-refractivity contribution is 6.24. The number of amides is 5. The lowest BCUT2D eigenvalue weighted by molar-refractivity contribution is -0.123. The summed E-state index contributed by atoms with van der Waals surface area (Å²) in [5.41, 5.74) is 1.24. The molecule has 0 atom stereocenters. The fourth-order valence-corrected chi connectivity index (χ4v) is 3.92. The second-order valence-electron chi connectivity index (χ2n) is 7.62. The minimum atomic E-state index is -0.687. The zero-order chi connectivity index (χ0) is 21.1. The third-order valence-electron chi connectivity index (χ3n) is 5.57. The number of urea groups is 1. The van der Waals surface area contributed by atoms with Gasteiger partial charge in [0.25, 0.3) is 17.7 Å². The third kappa shape index (κ3) is 3.96. The Labute approximate surface area is 174 Å². The summed E-state index contributed by atoms with van der Waals surface area (Å²) in [6, 6.07) is 14.3. The quantitative estimate of drug-likeness (QED) is 0.624. The number of carbonyl (C=O) groups is 4. The average molecular weight is 405 g/mol. The van der Waals surface area contributed by atoms with Gasteiger partial charge in [-0.15, -0.1) is 0 Å². The van der Waals surface area contributed by atoms with Crippen LogP contribution in [-0.2, 0) is 4.79 Å². The van der Waals surface area contributed by atoms with E-state index < -0.39 is 17.8 Å². The summed E-state index contributed by atoms with van der Waals surface area (Å²) in [6.45, 7) is -0.217. The number of hydrogen-bond donors (Lipinski definition) is 1. The summed E-state index contributed by atoms with van der Waals surface area (Å²) in [7, 11) is 0. The van der Waals surface area contributed by atoms with Crippen LogP contribution in [0.25, 0.3) is 0 Å². The van der Waals surface area contributed by atoms with Gasteiger partial charge in [-0.25, -0.2) is 4.79 Å². The number of carbonyl (C=O) groups excluding carboxylic acids is 4. The van der Waals surface area contributed by atoms with Crippen LogP contribution in [0.15, 0.2) is 54.6 Å². The molecule has 1 saturated heterocycles. The molecule has 0 radical (unpaired) electrons. The molecular formula is C23H23N3O4. The molecule has 5 amide bonds. The highest BCUT2D eigenvalue weighted by Crippen LogP contribution is 2.24. The first-order valence-electron chi connectivity index (χ1n) is 10.2. The molecule has 7 heteroatoms. The lowest BCUT2D eigenvalue weighted by atomic mass is 9.95. The van der Waals surface area contributed by atoms with E-state index in [2.05, 4.69) is 5.32 Å². The van der Waals surface area contributed by atoms with Gasteiger partial charge in [-0.05, 0) is 49.2 Å². The van der Waals surface area contributed by atoms with Crippen LogP contribution in [0.1, 0.15) is 52.8 Å². The van der Waals surface area contributed by atoms with Gasteiger partial charge < -0.3 is 5.32 Å². The van der Waals surface area contributed by atoms with E-state index in [-0.39, 0.29) is 24.1 Å². The van der Waals surface area contributed by atoms with Crippen molar-refractivity contribution in [2.45, 2.75) is 38.1 Å². The number of rotatable bonds is 4. The number of nitrogens with one attached hydrogen (secondary N) is 1. The lowest BCUT2D eigenvalue weighted by Crippen LogP contribution is -2.38. The molecule has 1 heterocycles. The molecule has 1 N–H and O–H groups in total. The van der Waals surface area contributed by atoms with Crippen molar-refractivity contribution in [2.24, 2.45) is 0 Å². The molecular weight excluding hydrogens is 382 g/mol.